The van der Waals surface area contributed by atoms with E-state index in [4.69, 9.17) is 0 Å². The molecule has 1 heterocycles. The van der Waals surface area contributed by atoms with E-state index in [1.165, 1.54) is 11.3 Å². The molecule has 8 nitrogen and oxygen atoms in total. The number of fused-ring (bicyclic) bond motifs is 1. The van der Waals surface area contributed by atoms with Gasteiger partial charge < -0.3 is 10.6 Å². The van der Waals surface area contributed by atoms with Crippen LogP contribution in [0.1, 0.15) is 52.9 Å². The van der Waals surface area contributed by atoms with Crippen LogP contribution in [-0.2, 0) is 27.7 Å². The van der Waals surface area contributed by atoms with Crippen molar-refractivity contribution in [1.29, 1.82) is 0 Å². The first-order chi connectivity index (χ1) is 13.3. The molecule has 154 valence electrons. The zero-order valence-corrected chi connectivity index (χ0v) is 17.5. The third-order valence-electron chi connectivity index (χ3n) is 5.37. The van der Waals surface area contributed by atoms with Crippen molar-refractivity contribution in [3.63, 3.8) is 0 Å². The topological polar surface area (TPSA) is 116 Å². The molecule has 2 amide bonds. The van der Waals surface area contributed by atoms with Gasteiger partial charge in [0.15, 0.2) is 0 Å². The van der Waals surface area contributed by atoms with Gasteiger partial charge in [-0.15, -0.1) is 11.3 Å². The van der Waals surface area contributed by atoms with Crippen LogP contribution in [0.3, 0.4) is 0 Å². The van der Waals surface area contributed by atoms with Gasteiger partial charge in [0.2, 0.25) is 15.9 Å². The molecular weight excluding hydrogens is 400 g/mol. The minimum absolute atomic E-state index is 0.0109. The zero-order chi connectivity index (χ0) is 19.9. The number of carbonyl (C=O) groups is 2. The van der Waals surface area contributed by atoms with Crippen LogP contribution in [0.15, 0.2) is 0 Å². The number of sulfonamides is 1. The molecule has 2 saturated carbocycles. The molecule has 0 saturated heterocycles. The Balaban J connectivity index is 1.54. The van der Waals surface area contributed by atoms with E-state index in [1.54, 1.807) is 0 Å². The summed E-state index contributed by atoms with van der Waals surface area (Å²) in [5.41, 5.74) is 4.33. The second-order valence-corrected chi connectivity index (χ2v) is 10.9. The Bertz CT molecular complexity index is 888. The second kappa shape index (κ2) is 7.74. The van der Waals surface area contributed by atoms with Crippen molar-refractivity contribution in [3.8, 4) is 0 Å². The summed E-state index contributed by atoms with van der Waals surface area (Å²) in [4.78, 5) is 28.7. The highest BCUT2D eigenvalue weighted by Gasteiger charge is 2.34. The highest BCUT2D eigenvalue weighted by Crippen LogP contribution is 2.40. The number of thiophene rings is 1. The highest BCUT2D eigenvalue weighted by molar-refractivity contribution is 7.88. The van der Waals surface area contributed by atoms with Gasteiger partial charge in [0, 0.05) is 23.4 Å². The Kier molecular flexibility index (Phi) is 5.47. The fourth-order valence-corrected chi connectivity index (χ4v) is 5.06. The lowest BCUT2D eigenvalue weighted by molar-refractivity contribution is -0.117. The first-order valence-corrected chi connectivity index (χ1v) is 12.5. The molecule has 10 heteroatoms. The van der Waals surface area contributed by atoms with Crippen LogP contribution < -0.4 is 20.9 Å². The summed E-state index contributed by atoms with van der Waals surface area (Å²) in [7, 11) is -3.35. The lowest BCUT2D eigenvalue weighted by Gasteiger charge is -2.24. The summed E-state index contributed by atoms with van der Waals surface area (Å²) in [6, 6.07) is -0.0983. The maximum atomic E-state index is 12.9. The first-order valence-electron chi connectivity index (χ1n) is 9.76. The van der Waals surface area contributed by atoms with Crippen LogP contribution in [-0.4, -0.2) is 39.1 Å². The molecule has 4 N–H and O–H groups in total. The molecule has 0 spiro atoms. The third kappa shape index (κ3) is 4.91. The monoisotopic (exact) mass is 426 g/mol. The van der Waals surface area contributed by atoms with Crippen molar-refractivity contribution in [3.05, 3.63) is 16.0 Å². The van der Waals surface area contributed by atoms with Crippen LogP contribution in [0, 0.1) is 11.8 Å². The molecule has 4 rings (SSSR count). The van der Waals surface area contributed by atoms with Crippen molar-refractivity contribution in [2.75, 3.05) is 18.1 Å². The smallest absolute Gasteiger partial charge is 0.254 e. The number of rotatable bonds is 8. The van der Waals surface area contributed by atoms with Gasteiger partial charge in [-0.3, -0.25) is 9.59 Å². The Morgan fingerprint density at radius 3 is 2.54 bits per heavy atom. The molecule has 28 heavy (non-hydrogen) atoms. The van der Waals surface area contributed by atoms with E-state index in [9.17, 15) is 18.0 Å². The maximum absolute atomic E-state index is 12.9. The fourth-order valence-electron chi connectivity index (χ4n) is 3.43. The molecule has 0 aliphatic heterocycles. The minimum Gasteiger partial charge on any atom is -0.352 e. The molecule has 0 bridgehead atoms. The van der Waals surface area contributed by atoms with E-state index in [0.717, 1.165) is 55.2 Å². The molecule has 2 fully saturated rings. The Hall–Kier alpha value is -1.49. The summed E-state index contributed by atoms with van der Waals surface area (Å²) in [5, 5.41) is 6.61. The molecule has 3 aliphatic carbocycles. The highest BCUT2D eigenvalue weighted by atomic mass is 32.2. The van der Waals surface area contributed by atoms with E-state index < -0.39 is 10.0 Å². The summed E-state index contributed by atoms with van der Waals surface area (Å²) < 4.78 is 22.7. The van der Waals surface area contributed by atoms with Gasteiger partial charge in [0.25, 0.3) is 5.91 Å². The predicted octanol–water partition coefficient (Wildman–Crippen LogP) is 1.15. The number of hydrazine groups is 1. The Labute approximate surface area is 168 Å². The lowest BCUT2D eigenvalue weighted by atomic mass is 9.91. The fraction of sp³-hybridized carbons (Fsp3) is 0.667. The van der Waals surface area contributed by atoms with Crippen molar-refractivity contribution in [2.24, 2.45) is 11.8 Å². The van der Waals surface area contributed by atoms with Gasteiger partial charge >= 0.3 is 0 Å². The molecule has 0 radical (unpaired) electrons. The van der Waals surface area contributed by atoms with E-state index in [0.29, 0.717) is 29.4 Å². The summed E-state index contributed by atoms with van der Waals surface area (Å²) in [6.45, 7) is 0.663. The average Bonchev–Trinajstić information content (AvgIpc) is 3.53. The molecule has 3 aliphatic rings. The van der Waals surface area contributed by atoms with Crippen LogP contribution in [0.5, 0.6) is 0 Å². The number of nitrogens with one attached hydrogen (secondary N) is 4. The number of amides is 2. The molecule has 1 aromatic heterocycles. The van der Waals surface area contributed by atoms with Crippen molar-refractivity contribution in [1.82, 2.24) is 15.6 Å². The first kappa shape index (κ1) is 19.8. The van der Waals surface area contributed by atoms with E-state index in [2.05, 4.69) is 20.9 Å². The standard InChI is InChI=1S/C18H26N4O4S2/c1-28(25,26)22-21-12-6-7-14-13(8-12)15(17(24)19-9-10-2-3-10)18(27-14)20-16(23)11-4-5-11/h10-12,21-22H,2-9H2,1H3,(H,19,24)(H,20,23). The zero-order valence-electron chi connectivity index (χ0n) is 15.8. The average molecular weight is 427 g/mol. The minimum atomic E-state index is -3.35. The normalized spacial score (nSPS) is 21.8. The van der Waals surface area contributed by atoms with Crippen LogP contribution in [0.4, 0.5) is 5.00 Å². The van der Waals surface area contributed by atoms with E-state index in [1.807, 2.05) is 0 Å². The van der Waals surface area contributed by atoms with Crippen molar-refractivity contribution >= 4 is 38.2 Å². The van der Waals surface area contributed by atoms with Crippen molar-refractivity contribution < 1.29 is 18.0 Å². The molecule has 1 aromatic rings. The quantitative estimate of drug-likeness (QED) is 0.465. The number of anilines is 1. The van der Waals surface area contributed by atoms with Crippen LogP contribution in [0.2, 0.25) is 0 Å². The van der Waals surface area contributed by atoms with Gasteiger partial charge in [-0.05, 0) is 56.4 Å². The number of carbonyl (C=O) groups excluding carboxylic acids is 2. The number of hydrogen-bond acceptors (Lipinski definition) is 6. The van der Waals surface area contributed by atoms with Gasteiger partial charge in [-0.2, -0.15) is 4.83 Å². The third-order valence-corrected chi connectivity index (χ3v) is 7.07. The lowest BCUT2D eigenvalue weighted by Crippen LogP contribution is -2.46. The van der Waals surface area contributed by atoms with Crippen LogP contribution >= 0.6 is 11.3 Å². The predicted molar refractivity (Wildman–Crippen MR) is 108 cm³/mol. The van der Waals surface area contributed by atoms with Gasteiger partial charge in [0.05, 0.1) is 11.8 Å². The van der Waals surface area contributed by atoms with Crippen molar-refractivity contribution in [2.45, 2.75) is 51.0 Å². The summed E-state index contributed by atoms with van der Waals surface area (Å²) in [5.74, 6) is 0.474. The van der Waals surface area contributed by atoms with Gasteiger partial charge in [-0.25, -0.2) is 13.8 Å². The number of aryl methyl sites for hydroxylation is 1. The molecule has 1 unspecified atom stereocenters. The van der Waals surface area contributed by atoms with Crippen LogP contribution in [0.25, 0.3) is 0 Å². The van der Waals surface area contributed by atoms with Gasteiger partial charge in [0.1, 0.15) is 5.00 Å². The Morgan fingerprint density at radius 2 is 1.89 bits per heavy atom. The SMILES string of the molecule is CS(=O)(=O)NNC1CCc2sc(NC(=O)C3CC3)c(C(=O)NCC3CC3)c2C1. The second-order valence-electron chi connectivity index (χ2n) is 8.08. The summed E-state index contributed by atoms with van der Waals surface area (Å²) in [6.07, 6.45) is 7.25. The molecular formula is C18H26N4O4S2. The molecule has 1 atom stereocenters. The van der Waals surface area contributed by atoms with Gasteiger partial charge in [-0.1, -0.05) is 0 Å². The maximum Gasteiger partial charge on any atom is 0.254 e. The van der Waals surface area contributed by atoms with E-state index >= 15 is 0 Å². The summed E-state index contributed by atoms with van der Waals surface area (Å²) >= 11 is 1.48. The Morgan fingerprint density at radius 1 is 1.14 bits per heavy atom. The van der Waals surface area contributed by atoms with E-state index in [-0.39, 0.29) is 23.8 Å². The molecule has 0 aromatic carbocycles. The largest absolute Gasteiger partial charge is 0.352 e. The number of hydrogen-bond donors (Lipinski definition) is 4.